The van der Waals surface area contributed by atoms with E-state index >= 15 is 0 Å². The normalized spacial score (nSPS) is 29.1. The lowest BCUT2D eigenvalue weighted by Crippen LogP contribution is -2.71. The van der Waals surface area contributed by atoms with E-state index in [4.69, 9.17) is 9.47 Å². The minimum Gasteiger partial charge on any atom is -0.424 e. The van der Waals surface area contributed by atoms with Crippen molar-refractivity contribution in [2.45, 2.75) is 30.0 Å². The van der Waals surface area contributed by atoms with E-state index in [0.717, 1.165) is 15.0 Å². The number of aliphatic hydroxyl groups excluding tert-OH is 2. The number of aliphatic hydroxyl groups is 4. The molecule has 1 fully saturated rings. The molecule has 2 aromatic carbocycles. The van der Waals surface area contributed by atoms with Crippen LogP contribution in [0.2, 0.25) is 0 Å². The van der Waals surface area contributed by atoms with Gasteiger partial charge in [-0.15, -0.1) is 11.3 Å². The highest BCUT2D eigenvalue weighted by molar-refractivity contribution is 7.19. The van der Waals surface area contributed by atoms with Crippen LogP contribution < -0.4 is 0 Å². The Kier molecular flexibility index (Phi) is 5.63. The third-order valence-corrected chi connectivity index (χ3v) is 6.44. The van der Waals surface area contributed by atoms with Crippen LogP contribution in [0.3, 0.4) is 0 Å². The molecule has 1 aliphatic rings. The molecule has 0 radical (unpaired) electrons. The lowest BCUT2D eigenvalue weighted by molar-refractivity contribution is -0.346. The maximum Gasteiger partial charge on any atom is 0.340 e. The van der Waals surface area contributed by atoms with Crippen LogP contribution in [0.4, 0.5) is 0 Å². The molecule has 3 aromatic rings. The summed E-state index contributed by atoms with van der Waals surface area (Å²) >= 11 is 1.42. The van der Waals surface area contributed by atoms with E-state index < -0.39 is 42.8 Å². The molecule has 0 spiro atoms. The van der Waals surface area contributed by atoms with Gasteiger partial charge in [0.2, 0.25) is 0 Å². The van der Waals surface area contributed by atoms with Crippen LogP contribution in [0, 0.1) is 0 Å². The molecule has 4 rings (SSSR count). The van der Waals surface area contributed by atoms with E-state index in [1.54, 1.807) is 18.2 Å². The zero-order valence-corrected chi connectivity index (χ0v) is 16.8. The second kappa shape index (κ2) is 8.07. The summed E-state index contributed by atoms with van der Waals surface area (Å²) < 4.78 is 11.6. The summed E-state index contributed by atoms with van der Waals surface area (Å²) in [5.74, 6) is -3.35. The number of thiophene rings is 1. The lowest BCUT2D eigenvalue weighted by atomic mass is 9.80. The van der Waals surface area contributed by atoms with Gasteiger partial charge in [-0.05, 0) is 29.7 Å². The number of carbonyl (C=O) groups excluding carboxylic acids is 1. The summed E-state index contributed by atoms with van der Waals surface area (Å²) in [6.07, 6.45) is -3.19. The van der Waals surface area contributed by atoms with Crippen molar-refractivity contribution in [3.05, 3.63) is 71.1 Å². The topological polar surface area (TPSA) is 116 Å². The van der Waals surface area contributed by atoms with Gasteiger partial charge in [-0.25, -0.2) is 4.79 Å². The van der Waals surface area contributed by atoms with E-state index in [0.29, 0.717) is 0 Å². The average molecular weight is 430 g/mol. The summed E-state index contributed by atoms with van der Waals surface area (Å²) in [4.78, 5) is 13.1. The Morgan fingerprint density at radius 3 is 2.53 bits per heavy atom. The van der Waals surface area contributed by atoms with E-state index in [1.165, 1.54) is 23.5 Å². The predicted molar refractivity (Wildman–Crippen MR) is 110 cm³/mol. The van der Waals surface area contributed by atoms with Crippen molar-refractivity contribution in [2.75, 3.05) is 13.2 Å². The molecule has 158 valence electrons. The van der Waals surface area contributed by atoms with Gasteiger partial charge in [0.05, 0.1) is 12.2 Å². The van der Waals surface area contributed by atoms with Crippen LogP contribution in [0.25, 0.3) is 10.1 Å². The molecule has 0 amide bonds. The van der Waals surface area contributed by atoms with Gasteiger partial charge in [0, 0.05) is 16.0 Å². The van der Waals surface area contributed by atoms with Gasteiger partial charge in [0.25, 0.3) is 5.79 Å². The number of benzene rings is 2. The van der Waals surface area contributed by atoms with Gasteiger partial charge < -0.3 is 29.9 Å². The smallest absolute Gasteiger partial charge is 0.340 e. The van der Waals surface area contributed by atoms with Crippen molar-refractivity contribution in [1.82, 2.24) is 0 Å². The molecule has 4 atom stereocenters. The molecule has 0 bridgehead atoms. The highest BCUT2D eigenvalue weighted by Crippen LogP contribution is 2.38. The van der Waals surface area contributed by atoms with Crippen molar-refractivity contribution >= 4 is 27.4 Å². The third-order valence-electron chi connectivity index (χ3n) is 5.33. The summed E-state index contributed by atoms with van der Waals surface area (Å²) in [5.41, 5.74) is -1.91. The van der Waals surface area contributed by atoms with Gasteiger partial charge in [-0.2, -0.15) is 0 Å². The van der Waals surface area contributed by atoms with Gasteiger partial charge in [0.1, 0.15) is 18.3 Å². The Morgan fingerprint density at radius 1 is 1.13 bits per heavy atom. The molecule has 0 unspecified atom stereocenters. The first kappa shape index (κ1) is 20.9. The van der Waals surface area contributed by atoms with Crippen LogP contribution in [0.15, 0.2) is 60.7 Å². The van der Waals surface area contributed by atoms with Crippen molar-refractivity contribution < 1.29 is 34.7 Å². The van der Waals surface area contributed by atoms with Crippen LogP contribution in [0.1, 0.15) is 15.2 Å². The minimum absolute atomic E-state index is 0.107. The quantitative estimate of drug-likeness (QED) is 0.358. The first-order valence-electron chi connectivity index (χ1n) is 9.47. The highest BCUT2D eigenvalue weighted by atomic mass is 32.1. The summed E-state index contributed by atoms with van der Waals surface area (Å²) in [5, 5.41) is 43.8. The monoisotopic (exact) mass is 430 g/mol. The standard InChI is InChI=1S/C22H22O7S/c23-12-18-21(26,11-16-10-15-8-4-5-9-17(15)30-16)20(25)22(27,13-28-18)29-19(24)14-6-2-1-3-7-14/h1-10,18,20,23,25-27H,11-13H2/t18-,20+,21-,22-/m0/s1. The van der Waals surface area contributed by atoms with Crippen LogP contribution in [-0.4, -0.2) is 63.2 Å². The second-order valence-electron chi connectivity index (χ2n) is 7.40. The number of hydrogen-bond donors (Lipinski definition) is 4. The first-order chi connectivity index (χ1) is 14.4. The Labute approximate surface area is 176 Å². The molecule has 1 aromatic heterocycles. The molecule has 4 N–H and O–H groups in total. The number of fused-ring (bicyclic) bond motifs is 1. The lowest BCUT2D eigenvalue weighted by Gasteiger charge is -2.49. The van der Waals surface area contributed by atoms with Gasteiger partial charge in [-0.1, -0.05) is 36.4 Å². The molecule has 1 aliphatic heterocycles. The largest absolute Gasteiger partial charge is 0.424 e. The number of ether oxygens (including phenoxy) is 2. The summed E-state index contributed by atoms with van der Waals surface area (Å²) in [6.45, 7) is -1.17. The van der Waals surface area contributed by atoms with Crippen molar-refractivity contribution in [2.24, 2.45) is 0 Å². The van der Waals surface area contributed by atoms with Crippen LogP contribution in [0.5, 0.6) is 0 Å². The summed E-state index contributed by atoms with van der Waals surface area (Å²) in [6, 6.07) is 17.5. The van der Waals surface area contributed by atoms with E-state index in [9.17, 15) is 25.2 Å². The fourth-order valence-corrected chi connectivity index (χ4v) is 4.88. The first-order valence-corrected chi connectivity index (χ1v) is 10.3. The summed E-state index contributed by atoms with van der Waals surface area (Å²) in [7, 11) is 0. The fraction of sp³-hybridized carbons (Fsp3) is 0.318. The number of esters is 1. The highest BCUT2D eigenvalue weighted by Gasteiger charge is 2.60. The van der Waals surface area contributed by atoms with Gasteiger partial charge in [0.15, 0.2) is 6.10 Å². The van der Waals surface area contributed by atoms with Crippen molar-refractivity contribution in [3.63, 3.8) is 0 Å². The van der Waals surface area contributed by atoms with Crippen molar-refractivity contribution in [1.29, 1.82) is 0 Å². The molecule has 8 heteroatoms. The Hall–Kier alpha value is -2.33. The number of hydrogen-bond acceptors (Lipinski definition) is 8. The number of carbonyl (C=O) groups is 1. The zero-order chi connectivity index (χ0) is 21.4. The molecule has 2 heterocycles. The van der Waals surface area contributed by atoms with Crippen LogP contribution in [-0.2, 0) is 15.9 Å². The molecular formula is C22H22O7S. The third kappa shape index (κ3) is 3.74. The Balaban J connectivity index is 1.62. The van der Waals surface area contributed by atoms with E-state index in [2.05, 4.69) is 0 Å². The second-order valence-corrected chi connectivity index (χ2v) is 8.57. The maximum absolute atomic E-state index is 12.4. The molecular weight excluding hydrogens is 408 g/mol. The fourth-order valence-electron chi connectivity index (χ4n) is 3.71. The molecule has 7 nitrogen and oxygen atoms in total. The van der Waals surface area contributed by atoms with E-state index in [-0.39, 0.29) is 12.0 Å². The minimum atomic E-state index is -2.48. The SMILES string of the molecule is O=C(O[C@@]1(O)CO[C@@H](CO)[C@@](O)(Cc2cc3ccccc3s2)[C@H]1O)c1ccccc1. The number of rotatable bonds is 5. The van der Waals surface area contributed by atoms with Gasteiger partial charge >= 0.3 is 5.97 Å². The van der Waals surface area contributed by atoms with Crippen molar-refractivity contribution in [3.8, 4) is 0 Å². The average Bonchev–Trinajstić information content (AvgIpc) is 3.15. The zero-order valence-electron chi connectivity index (χ0n) is 16.0. The van der Waals surface area contributed by atoms with E-state index in [1.807, 2.05) is 30.3 Å². The molecule has 30 heavy (non-hydrogen) atoms. The molecule has 0 saturated carbocycles. The predicted octanol–water partition coefficient (Wildman–Crippen LogP) is 1.47. The Morgan fingerprint density at radius 2 is 1.83 bits per heavy atom. The molecule has 1 saturated heterocycles. The van der Waals surface area contributed by atoms with Gasteiger partial charge in [-0.3, -0.25) is 0 Å². The van der Waals surface area contributed by atoms with Crippen LogP contribution >= 0.6 is 11.3 Å². The Bertz CT molecular complexity index is 1000. The maximum atomic E-state index is 12.4. The molecule has 0 aliphatic carbocycles.